The molecule has 2 atom stereocenters. The first kappa shape index (κ1) is 22.0. The van der Waals surface area contributed by atoms with Gasteiger partial charge in [-0.2, -0.15) is 10.2 Å². The molecule has 9 nitrogen and oxygen atoms in total. The highest BCUT2D eigenvalue weighted by Gasteiger charge is 2.29. The number of pyridine rings is 1. The molecule has 0 aliphatic heterocycles. The number of carbonyl (C=O) groups excluding carboxylic acids is 1. The highest BCUT2D eigenvalue weighted by molar-refractivity contribution is 7.17. The molecule has 1 amide bonds. The molecule has 1 N–H and O–H groups in total. The third-order valence-corrected chi connectivity index (χ3v) is 6.98. The number of amides is 1. The summed E-state index contributed by atoms with van der Waals surface area (Å²) < 4.78 is 2.86. The van der Waals surface area contributed by atoms with Crippen LogP contribution >= 0.6 is 22.9 Å². The van der Waals surface area contributed by atoms with Gasteiger partial charge >= 0.3 is 0 Å². The molecule has 0 bridgehead atoms. The Morgan fingerprint density at radius 3 is 2.79 bits per heavy atom. The molecule has 0 radical (unpaired) electrons. The Bertz CT molecular complexity index is 1260. The van der Waals surface area contributed by atoms with Crippen molar-refractivity contribution in [3.8, 4) is 5.82 Å². The number of rotatable bonds is 6. The summed E-state index contributed by atoms with van der Waals surface area (Å²) >= 11 is 7.15. The van der Waals surface area contributed by atoms with E-state index in [0.29, 0.717) is 21.1 Å². The SMILES string of the molecule is CC(C)Cc1nc2cnc(-n3nccn3)cc2n1[C@H]1CCC[C@@H](NC(=O)c2ncc(Cl)s2)C1. The largest absolute Gasteiger partial charge is 0.347 e. The van der Waals surface area contributed by atoms with Gasteiger partial charge in [0.25, 0.3) is 5.91 Å². The van der Waals surface area contributed by atoms with Gasteiger partial charge in [0.15, 0.2) is 10.8 Å². The van der Waals surface area contributed by atoms with Crippen LogP contribution in [0.3, 0.4) is 0 Å². The zero-order valence-electron chi connectivity index (χ0n) is 18.5. The Balaban J connectivity index is 1.46. The smallest absolute Gasteiger partial charge is 0.280 e. The van der Waals surface area contributed by atoms with Crippen LogP contribution in [0.15, 0.2) is 30.9 Å². The Labute approximate surface area is 200 Å². The van der Waals surface area contributed by atoms with Gasteiger partial charge in [0.2, 0.25) is 0 Å². The van der Waals surface area contributed by atoms with Crippen LogP contribution in [0.1, 0.15) is 61.2 Å². The fraction of sp³-hybridized carbons (Fsp3) is 0.455. The molecule has 0 spiro atoms. The summed E-state index contributed by atoms with van der Waals surface area (Å²) in [5.41, 5.74) is 1.89. The molecular formula is C22H25ClN8OS. The summed E-state index contributed by atoms with van der Waals surface area (Å²) in [4.78, 5) is 27.7. The predicted molar refractivity (Wildman–Crippen MR) is 127 cm³/mol. The van der Waals surface area contributed by atoms with Crippen LogP contribution in [0.2, 0.25) is 4.34 Å². The van der Waals surface area contributed by atoms with Crippen LogP contribution < -0.4 is 5.32 Å². The zero-order valence-corrected chi connectivity index (χ0v) is 20.1. The molecule has 4 aromatic heterocycles. The molecule has 11 heteroatoms. The van der Waals surface area contributed by atoms with Crippen LogP contribution in [0.4, 0.5) is 0 Å². The number of carbonyl (C=O) groups is 1. The highest BCUT2D eigenvalue weighted by Crippen LogP contribution is 2.34. The number of fused-ring (bicyclic) bond motifs is 1. The molecule has 172 valence electrons. The lowest BCUT2D eigenvalue weighted by Crippen LogP contribution is -2.39. The molecule has 4 heterocycles. The Morgan fingerprint density at radius 2 is 2.06 bits per heavy atom. The van der Waals surface area contributed by atoms with Crippen molar-refractivity contribution < 1.29 is 4.79 Å². The van der Waals surface area contributed by atoms with Crippen LogP contribution in [-0.4, -0.2) is 46.5 Å². The van der Waals surface area contributed by atoms with E-state index in [1.165, 1.54) is 22.3 Å². The minimum Gasteiger partial charge on any atom is -0.347 e. The van der Waals surface area contributed by atoms with Crippen molar-refractivity contribution in [2.24, 2.45) is 5.92 Å². The van der Waals surface area contributed by atoms with Crippen LogP contribution in [0, 0.1) is 5.92 Å². The Kier molecular flexibility index (Phi) is 6.11. The van der Waals surface area contributed by atoms with Gasteiger partial charge in [-0.05, 0) is 31.6 Å². The van der Waals surface area contributed by atoms with Gasteiger partial charge in [-0.15, -0.1) is 4.80 Å². The monoisotopic (exact) mass is 484 g/mol. The molecule has 0 unspecified atom stereocenters. The van der Waals surface area contributed by atoms with Gasteiger partial charge in [-0.1, -0.05) is 36.8 Å². The molecule has 0 saturated heterocycles. The lowest BCUT2D eigenvalue weighted by atomic mass is 9.90. The highest BCUT2D eigenvalue weighted by atomic mass is 35.5. The minimum absolute atomic E-state index is 0.0670. The van der Waals surface area contributed by atoms with Crippen molar-refractivity contribution in [1.29, 1.82) is 0 Å². The second-order valence-electron chi connectivity index (χ2n) is 8.81. The van der Waals surface area contributed by atoms with E-state index >= 15 is 0 Å². The Hall–Kier alpha value is -2.85. The molecule has 1 saturated carbocycles. The van der Waals surface area contributed by atoms with Gasteiger partial charge in [-0.25, -0.2) is 15.0 Å². The molecule has 1 fully saturated rings. The number of nitrogens with one attached hydrogen (secondary N) is 1. The van der Waals surface area contributed by atoms with Crippen molar-refractivity contribution in [2.75, 3.05) is 0 Å². The topological polar surface area (TPSA) is 103 Å². The van der Waals surface area contributed by atoms with Crippen molar-refractivity contribution in [2.45, 2.75) is 58.0 Å². The fourth-order valence-electron chi connectivity index (χ4n) is 4.53. The maximum absolute atomic E-state index is 12.7. The van der Waals surface area contributed by atoms with Crippen LogP contribution in [0.25, 0.3) is 16.9 Å². The molecule has 1 aliphatic carbocycles. The van der Waals surface area contributed by atoms with E-state index in [2.05, 4.69) is 43.9 Å². The first-order chi connectivity index (χ1) is 16.0. The summed E-state index contributed by atoms with van der Waals surface area (Å²) in [5.74, 6) is 2.02. The van der Waals surface area contributed by atoms with Crippen molar-refractivity contribution in [3.05, 3.63) is 46.0 Å². The zero-order chi connectivity index (χ0) is 22.9. The molecule has 4 aromatic rings. The average molecular weight is 485 g/mol. The van der Waals surface area contributed by atoms with Crippen LogP contribution in [0.5, 0.6) is 0 Å². The standard InChI is InChI=1S/C22H25ClN8OS/c1-13(2)8-20-29-16-11-24-19(31-26-6-7-27-31)10-17(16)30(20)15-5-3-4-14(9-15)28-21(32)22-25-12-18(23)33-22/h6-7,10-15H,3-5,8-9H2,1-2H3,(H,28,32)/t14-,15+/m1/s1. The van der Waals surface area contributed by atoms with Gasteiger partial charge < -0.3 is 9.88 Å². The van der Waals surface area contributed by atoms with Gasteiger partial charge in [-0.3, -0.25) is 4.79 Å². The minimum atomic E-state index is -0.160. The van der Waals surface area contributed by atoms with E-state index in [1.807, 2.05) is 6.07 Å². The second-order valence-corrected chi connectivity index (χ2v) is 10.5. The van der Waals surface area contributed by atoms with E-state index < -0.39 is 0 Å². The summed E-state index contributed by atoms with van der Waals surface area (Å²) in [6.07, 6.45) is 11.3. The van der Waals surface area contributed by atoms with E-state index in [-0.39, 0.29) is 18.0 Å². The lowest BCUT2D eigenvalue weighted by Gasteiger charge is -2.32. The summed E-state index contributed by atoms with van der Waals surface area (Å²) in [5, 5.41) is 12.0. The van der Waals surface area contributed by atoms with Gasteiger partial charge in [0.1, 0.15) is 15.7 Å². The van der Waals surface area contributed by atoms with Crippen molar-refractivity contribution in [3.63, 3.8) is 0 Å². The van der Waals surface area contributed by atoms with Gasteiger partial charge in [0, 0.05) is 24.6 Å². The second kappa shape index (κ2) is 9.18. The van der Waals surface area contributed by atoms with E-state index in [4.69, 9.17) is 16.6 Å². The van der Waals surface area contributed by atoms with E-state index in [9.17, 15) is 4.79 Å². The quantitative estimate of drug-likeness (QED) is 0.439. The maximum Gasteiger partial charge on any atom is 0.280 e. The number of hydrogen-bond acceptors (Lipinski definition) is 7. The molecule has 33 heavy (non-hydrogen) atoms. The Morgan fingerprint density at radius 1 is 1.24 bits per heavy atom. The summed E-state index contributed by atoms with van der Waals surface area (Å²) in [6.45, 7) is 4.40. The molecule has 0 aromatic carbocycles. The molecule has 1 aliphatic rings. The maximum atomic E-state index is 12.7. The third-order valence-electron chi connectivity index (χ3n) is 5.87. The third kappa shape index (κ3) is 4.63. The van der Waals surface area contributed by atoms with Crippen LogP contribution in [-0.2, 0) is 6.42 Å². The number of thiazole rings is 1. The first-order valence-corrected chi connectivity index (χ1v) is 12.3. The molecular weight excluding hydrogens is 460 g/mol. The number of imidazole rings is 1. The average Bonchev–Trinajstić information content (AvgIpc) is 3.52. The van der Waals surface area contributed by atoms with E-state index in [1.54, 1.807) is 18.6 Å². The summed E-state index contributed by atoms with van der Waals surface area (Å²) in [6, 6.07) is 2.30. The predicted octanol–water partition coefficient (Wildman–Crippen LogP) is 4.23. The number of hydrogen-bond donors (Lipinski definition) is 1. The number of aromatic nitrogens is 7. The van der Waals surface area contributed by atoms with Crippen molar-refractivity contribution in [1.82, 2.24) is 39.8 Å². The normalized spacial score (nSPS) is 18.8. The molecule has 5 rings (SSSR count). The van der Waals surface area contributed by atoms with E-state index in [0.717, 1.165) is 49.0 Å². The fourth-order valence-corrected chi connectivity index (χ4v) is 5.35. The first-order valence-electron chi connectivity index (χ1n) is 11.1. The summed E-state index contributed by atoms with van der Waals surface area (Å²) in [7, 11) is 0. The van der Waals surface area contributed by atoms with Gasteiger partial charge in [0.05, 0.1) is 30.3 Å². The number of nitrogens with zero attached hydrogens (tertiary/aromatic N) is 7. The number of halogens is 1. The lowest BCUT2D eigenvalue weighted by molar-refractivity contribution is 0.0920. The van der Waals surface area contributed by atoms with Crippen molar-refractivity contribution >= 4 is 39.9 Å².